The summed E-state index contributed by atoms with van der Waals surface area (Å²) >= 11 is 0. The molecule has 0 saturated heterocycles. The van der Waals surface area contributed by atoms with Crippen LogP contribution in [0.15, 0.2) is 30.3 Å². The molecule has 0 radical (unpaired) electrons. The number of carbonyl (C=O) groups is 3. The van der Waals surface area contributed by atoms with Gasteiger partial charge in [0.15, 0.2) is 6.61 Å². The highest BCUT2D eigenvalue weighted by Gasteiger charge is 2.19. The third-order valence-corrected chi connectivity index (χ3v) is 4.15. The third kappa shape index (κ3) is 6.02. The number of hydrogen-bond donors (Lipinski definition) is 2. The van der Waals surface area contributed by atoms with Gasteiger partial charge in [-0.15, -0.1) is 0 Å². The molecule has 6 heteroatoms. The number of urea groups is 1. The molecule has 6 nitrogen and oxygen atoms in total. The Morgan fingerprint density at radius 2 is 1.83 bits per heavy atom. The van der Waals surface area contributed by atoms with Gasteiger partial charge < -0.3 is 10.1 Å². The van der Waals surface area contributed by atoms with Gasteiger partial charge >= 0.3 is 12.0 Å². The van der Waals surface area contributed by atoms with Crippen LogP contribution in [0.25, 0.3) is 0 Å². The minimum atomic E-state index is -0.619. The van der Waals surface area contributed by atoms with Crippen LogP contribution in [0.2, 0.25) is 0 Å². The number of ether oxygens (including phenoxy) is 1. The van der Waals surface area contributed by atoms with Crippen LogP contribution in [0.3, 0.4) is 0 Å². The second-order valence-electron chi connectivity index (χ2n) is 6.18. The average molecular weight is 332 g/mol. The highest BCUT2D eigenvalue weighted by Crippen LogP contribution is 2.19. The Hall–Kier alpha value is -2.37. The topological polar surface area (TPSA) is 84.5 Å². The quantitative estimate of drug-likeness (QED) is 0.784. The minimum Gasteiger partial charge on any atom is -0.456 e. The number of carbonyl (C=O) groups excluding carboxylic acids is 3. The molecule has 0 bridgehead atoms. The summed E-state index contributed by atoms with van der Waals surface area (Å²) < 4.78 is 4.94. The Labute approximate surface area is 142 Å². The van der Waals surface area contributed by atoms with Gasteiger partial charge in [0.05, 0.1) is 6.42 Å². The molecule has 1 saturated carbocycles. The van der Waals surface area contributed by atoms with E-state index in [1.54, 1.807) is 0 Å². The Morgan fingerprint density at radius 1 is 1.17 bits per heavy atom. The monoisotopic (exact) mass is 332 g/mol. The predicted octanol–water partition coefficient (Wildman–Crippen LogP) is 2.49. The Balaban J connectivity index is 1.65. The lowest BCUT2D eigenvalue weighted by molar-refractivity contribution is -0.148. The summed E-state index contributed by atoms with van der Waals surface area (Å²) in [7, 11) is 0. The van der Waals surface area contributed by atoms with E-state index in [4.69, 9.17) is 4.74 Å². The van der Waals surface area contributed by atoms with E-state index in [0.717, 1.165) is 31.2 Å². The molecule has 2 N–H and O–H groups in total. The van der Waals surface area contributed by atoms with Crippen molar-refractivity contribution in [2.24, 2.45) is 0 Å². The van der Waals surface area contributed by atoms with Crippen molar-refractivity contribution in [1.29, 1.82) is 0 Å². The fraction of sp³-hybridized carbons (Fsp3) is 0.500. The molecule has 24 heavy (non-hydrogen) atoms. The lowest BCUT2D eigenvalue weighted by Gasteiger charge is -2.13. The van der Waals surface area contributed by atoms with Crippen LogP contribution < -0.4 is 10.6 Å². The van der Waals surface area contributed by atoms with Crippen LogP contribution in [0.4, 0.5) is 4.79 Å². The molecule has 1 atom stereocenters. The van der Waals surface area contributed by atoms with Gasteiger partial charge in [-0.05, 0) is 24.3 Å². The number of rotatable bonds is 6. The average Bonchev–Trinajstić information content (AvgIpc) is 3.06. The Bertz CT molecular complexity index is 568. The number of amides is 3. The van der Waals surface area contributed by atoms with Crippen molar-refractivity contribution in [3.05, 3.63) is 35.9 Å². The molecule has 0 aliphatic heterocycles. The molecule has 0 heterocycles. The zero-order valence-corrected chi connectivity index (χ0v) is 13.9. The standard InChI is InChI=1S/C18H24N2O4/c1-13(14-7-3-2-4-8-14)11-17(22)24-12-16(21)20-18(23)19-15-9-5-6-10-15/h2-4,7-8,13,15H,5-6,9-12H2,1H3,(H2,19,20,21,23)/t13-/m1/s1. The predicted molar refractivity (Wildman–Crippen MR) is 89.4 cm³/mol. The van der Waals surface area contributed by atoms with E-state index < -0.39 is 24.5 Å². The van der Waals surface area contributed by atoms with Crippen molar-refractivity contribution in [3.8, 4) is 0 Å². The number of esters is 1. The molecule has 1 aliphatic rings. The lowest BCUT2D eigenvalue weighted by atomic mass is 9.98. The van der Waals surface area contributed by atoms with Gasteiger partial charge in [-0.3, -0.25) is 14.9 Å². The van der Waals surface area contributed by atoms with Crippen LogP contribution in [0, 0.1) is 0 Å². The van der Waals surface area contributed by atoms with E-state index in [9.17, 15) is 14.4 Å². The van der Waals surface area contributed by atoms with Crippen LogP contribution in [0.1, 0.15) is 50.5 Å². The van der Waals surface area contributed by atoms with Crippen molar-refractivity contribution in [3.63, 3.8) is 0 Å². The molecule has 1 aromatic carbocycles. The smallest absolute Gasteiger partial charge is 0.321 e. The van der Waals surface area contributed by atoms with E-state index in [1.807, 2.05) is 37.3 Å². The van der Waals surface area contributed by atoms with Crippen molar-refractivity contribution in [1.82, 2.24) is 10.6 Å². The van der Waals surface area contributed by atoms with Crippen molar-refractivity contribution >= 4 is 17.9 Å². The van der Waals surface area contributed by atoms with Crippen LogP contribution in [-0.4, -0.2) is 30.6 Å². The van der Waals surface area contributed by atoms with Gasteiger partial charge in [0.1, 0.15) is 0 Å². The first-order valence-electron chi connectivity index (χ1n) is 8.35. The van der Waals surface area contributed by atoms with E-state index in [1.165, 1.54) is 0 Å². The normalized spacial score (nSPS) is 15.5. The van der Waals surface area contributed by atoms with Gasteiger partial charge in [-0.1, -0.05) is 50.1 Å². The zero-order valence-electron chi connectivity index (χ0n) is 13.9. The van der Waals surface area contributed by atoms with Crippen LogP contribution in [-0.2, 0) is 14.3 Å². The summed E-state index contributed by atoms with van der Waals surface area (Å²) in [5, 5.41) is 4.92. The fourth-order valence-corrected chi connectivity index (χ4v) is 2.81. The highest BCUT2D eigenvalue weighted by atomic mass is 16.5. The maximum atomic E-state index is 11.8. The van der Waals surface area contributed by atoms with Gasteiger partial charge in [-0.25, -0.2) is 4.79 Å². The van der Waals surface area contributed by atoms with E-state index >= 15 is 0 Å². The summed E-state index contributed by atoms with van der Waals surface area (Å²) in [6.07, 6.45) is 4.25. The summed E-state index contributed by atoms with van der Waals surface area (Å²) in [5.41, 5.74) is 1.04. The highest BCUT2D eigenvalue weighted by molar-refractivity contribution is 5.95. The fourth-order valence-electron chi connectivity index (χ4n) is 2.81. The number of imide groups is 1. The van der Waals surface area contributed by atoms with Gasteiger partial charge in [0.2, 0.25) is 0 Å². The molecule has 1 fully saturated rings. The maximum Gasteiger partial charge on any atom is 0.321 e. The number of nitrogens with one attached hydrogen (secondary N) is 2. The summed E-state index contributed by atoms with van der Waals surface area (Å²) in [4.78, 5) is 35.1. The first-order chi connectivity index (χ1) is 11.5. The molecular weight excluding hydrogens is 308 g/mol. The van der Waals surface area contributed by atoms with Crippen molar-refractivity contribution in [2.45, 2.75) is 51.0 Å². The molecule has 3 amide bonds. The first kappa shape index (κ1) is 18.0. The lowest BCUT2D eigenvalue weighted by Crippen LogP contribution is -2.45. The second kappa shape index (κ2) is 9.05. The minimum absolute atomic E-state index is 0.00688. The summed E-state index contributed by atoms with van der Waals surface area (Å²) in [6.45, 7) is 1.48. The van der Waals surface area contributed by atoms with Crippen molar-refractivity contribution in [2.75, 3.05) is 6.61 Å². The molecule has 130 valence electrons. The first-order valence-corrected chi connectivity index (χ1v) is 8.35. The Morgan fingerprint density at radius 3 is 2.50 bits per heavy atom. The molecule has 0 aromatic heterocycles. The molecule has 1 aromatic rings. The van der Waals surface area contributed by atoms with Crippen LogP contribution in [0.5, 0.6) is 0 Å². The molecule has 1 aliphatic carbocycles. The van der Waals surface area contributed by atoms with Gasteiger partial charge in [-0.2, -0.15) is 0 Å². The maximum absolute atomic E-state index is 11.8. The molecule has 0 spiro atoms. The van der Waals surface area contributed by atoms with E-state index in [2.05, 4.69) is 10.6 Å². The van der Waals surface area contributed by atoms with E-state index in [0.29, 0.717) is 0 Å². The summed E-state index contributed by atoms with van der Waals surface area (Å²) in [6, 6.07) is 9.22. The zero-order chi connectivity index (χ0) is 17.4. The number of hydrogen-bond acceptors (Lipinski definition) is 4. The molecular formula is C18H24N2O4. The van der Waals surface area contributed by atoms with Crippen LogP contribution >= 0.6 is 0 Å². The largest absolute Gasteiger partial charge is 0.456 e. The molecule has 2 rings (SSSR count). The van der Waals surface area contributed by atoms with E-state index in [-0.39, 0.29) is 18.4 Å². The number of benzene rings is 1. The Kier molecular flexibility index (Phi) is 6.78. The molecule has 0 unspecified atom stereocenters. The summed E-state index contributed by atoms with van der Waals surface area (Å²) in [5.74, 6) is -1.07. The SMILES string of the molecule is C[C@H](CC(=O)OCC(=O)NC(=O)NC1CCCC1)c1ccccc1. The second-order valence-corrected chi connectivity index (χ2v) is 6.18. The van der Waals surface area contributed by atoms with Gasteiger partial charge in [0, 0.05) is 6.04 Å². The van der Waals surface area contributed by atoms with Gasteiger partial charge in [0.25, 0.3) is 5.91 Å². The third-order valence-electron chi connectivity index (χ3n) is 4.15. The van der Waals surface area contributed by atoms with Crippen molar-refractivity contribution < 1.29 is 19.1 Å².